The molecule has 0 bridgehead atoms. The lowest BCUT2D eigenvalue weighted by Crippen LogP contribution is -2.40. The summed E-state index contributed by atoms with van der Waals surface area (Å²) in [5.74, 6) is 0.908. The van der Waals surface area contributed by atoms with Gasteiger partial charge in [-0.25, -0.2) is 4.39 Å². The van der Waals surface area contributed by atoms with Crippen molar-refractivity contribution in [3.05, 3.63) is 53.8 Å². The Hall–Kier alpha value is -2.60. The van der Waals surface area contributed by atoms with Crippen molar-refractivity contribution in [2.24, 2.45) is 5.92 Å². The summed E-state index contributed by atoms with van der Waals surface area (Å²) in [5.41, 5.74) is 1.69. The van der Waals surface area contributed by atoms with E-state index >= 15 is 0 Å². The van der Waals surface area contributed by atoms with Gasteiger partial charge in [0.25, 0.3) is 0 Å². The predicted molar refractivity (Wildman–Crippen MR) is 103 cm³/mol. The standard InChI is InChI=1S/C21H25FN2O3/c1-26-18-9-10-19(20(12-18)27-2)23-21(25)16-4-3-11-24(14-16)13-15-5-7-17(22)8-6-15/h5-10,12,16H,3-4,11,13-14H2,1-2H3,(H,23,25)/t16-/m0/s1. The third-order valence-electron chi connectivity index (χ3n) is 4.86. The van der Waals surface area contributed by atoms with Gasteiger partial charge in [0, 0.05) is 19.2 Å². The Balaban J connectivity index is 1.62. The first-order valence-electron chi connectivity index (χ1n) is 9.08. The summed E-state index contributed by atoms with van der Waals surface area (Å²) < 4.78 is 23.6. The van der Waals surface area contributed by atoms with Crippen LogP contribution >= 0.6 is 0 Å². The molecule has 0 saturated carbocycles. The number of carbonyl (C=O) groups excluding carboxylic acids is 1. The van der Waals surface area contributed by atoms with Crippen LogP contribution in [-0.4, -0.2) is 38.1 Å². The summed E-state index contributed by atoms with van der Waals surface area (Å²) >= 11 is 0. The number of anilines is 1. The van der Waals surface area contributed by atoms with Crippen molar-refractivity contribution in [3.63, 3.8) is 0 Å². The summed E-state index contributed by atoms with van der Waals surface area (Å²) in [6.45, 7) is 2.34. The normalized spacial score (nSPS) is 17.4. The molecule has 1 aliphatic rings. The first-order valence-corrected chi connectivity index (χ1v) is 9.08. The number of carbonyl (C=O) groups is 1. The molecule has 0 aromatic heterocycles. The fourth-order valence-corrected chi connectivity index (χ4v) is 3.40. The Morgan fingerprint density at radius 2 is 1.96 bits per heavy atom. The second-order valence-electron chi connectivity index (χ2n) is 6.76. The van der Waals surface area contributed by atoms with E-state index < -0.39 is 0 Å². The molecule has 1 amide bonds. The van der Waals surface area contributed by atoms with Gasteiger partial charge >= 0.3 is 0 Å². The molecule has 1 fully saturated rings. The molecule has 0 unspecified atom stereocenters. The van der Waals surface area contributed by atoms with E-state index in [0.717, 1.165) is 31.5 Å². The molecule has 1 N–H and O–H groups in total. The number of amides is 1. The highest BCUT2D eigenvalue weighted by Crippen LogP contribution is 2.30. The monoisotopic (exact) mass is 372 g/mol. The molecule has 5 nitrogen and oxygen atoms in total. The van der Waals surface area contributed by atoms with Gasteiger partial charge in [0.05, 0.1) is 25.8 Å². The SMILES string of the molecule is COc1ccc(NC(=O)[C@H]2CCCN(Cc3ccc(F)cc3)C2)c(OC)c1. The zero-order chi connectivity index (χ0) is 19.2. The van der Waals surface area contributed by atoms with Gasteiger partial charge in [0.2, 0.25) is 5.91 Å². The van der Waals surface area contributed by atoms with Crippen molar-refractivity contribution in [1.29, 1.82) is 0 Å². The molecular weight excluding hydrogens is 347 g/mol. The maximum Gasteiger partial charge on any atom is 0.228 e. The molecule has 1 heterocycles. The number of benzene rings is 2. The Kier molecular flexibility index (Phi) is 6.29. The summed E-state index contributed by atoms with van der Waals surface area (Å²) in [7, 11) is 3.15. The van der Waals surface area contributed by atoms with Gasteiger partial charge in [-0.15, -0.1) is 0 Å². The molecule has 2 aromatic rings. The molecule has 0 radical (unpaired) electrons. The fourth-order valence-electron chi connectivity index (χ4n) is 3.40. The first kappa shape index (κ1) is 19.2. The van der Waals surface area contributed by atoms with E-state index in [0.29, 0.717) is 23.7 Å². The summed E-state index contributed by atoms with van der Waals surface area (Å²) in [6.07, 6.45) is 1.81. The van der Waals surface area contributed by atoms with Gasteiger partial charge in [-0.1, -0.05) is 12.1 Å². The van der Waals surface area contributed by atoms with Crippen LogP contribution in [0.4, 0.5) is 10.1 Å². The predicted octanol–water partition coefficient (Wildman–Crippen LogP) is 3.69. The van der Waals surface area contributed by atoms with Crippen molar-refractivity contribution in [1.82, 2.24) is 4.90 Å². The number of ether oxygens (including phenoxy) is 2. The van der Waals surface area contributed by atoms with Gasteiger partial charge < -0.3 is 14.8 Å². The van der Waals surface area contributed by atoms with Crippen molar-refractivity contribution in [2.45, 2.75) is 19.4 Å². The minimum Gasteiger partial charge on any atom is -0.497 e. The molecule has 27 heavy (non-hydrogen) atoms. The number of methoxy groups -OCH3 is 2. The Bertz CT molecular complexity index is 779. The number of likely N-dealkylation sites (tertiary alicyclic amines) is 1. The van der Waals surface area contributed by atoms with Crippen molar-refractivity contribution in [3.8, 4) is 11.5 Å². The minimum absolute atomic E-state index is 0.0118. The molecule has 0 spiro atoms. The quantitative estimate of drug-likeness (QED) is 0.840. The Morgan fingerprint density at radius 3 is 2.67 bits per heavy atom. The molecule has 144 valence electrons. The smallest absolute Gasteiger partial charge is 0.228 e. The van der Waals surface area contributed by atoms with Crippen LogP contribution in [0.5, 0.6) is 11.5 Å². The number of rotatable bonds is 6. The maximum atomic E-state index is 13.1. The zero-order valence-corrected chi connectivity index (χ0v) is 15.7. The van der Waals surface area contributed by atoms with E-state index in [1.807, 2.05) is 0 Å². The average Bonchev–Trinajstić information content (AvgIpc) is 2.70. The molecule has 1 atom stereocenters. The minimum atomic E-state index is -0.233. The van der Waals surface area contributed by atoms with E-state index in [-0.39, 0.29) is 17.6 Å². The molecule has 0 aliphatic carbocycles. The van der Waals surface area contributed by atoms with Crippen molar-refractivity contribution in [2.75, 3.05) is 32.6 Å². The van der Waals surface area contributed by atoms with Gasteiger partial charge in [-0.2, -0.15) is 0 Å². The lowest BCUT2D eigenvalue weighted by atomic mass is 9.96. The summed E-state index contributed by atoms with van der Waals surface area (Å²) in [5, 5.41) is 2.98. The van der Waals surface area contributed by atoms with Crippen LogP contribution in [0.15, 0.2) is 42.5 Å². The fraction of sp³-hybridized carbons (Fsp3) is 0.381. The number of halogens is 1. The van der Waals surface area contributed by atoms with Gasteiger partial charge in [0.1, 0.15) is 17.3 Å². The van der Waals surface area contributed by atoms with Crippen LogP contribution in [0, 0.1) is 11.7 Å². The maximum absolute atomic E-state index is 13.1. The summed E-state index contributed by atoms with van der Waals surface area (Å²) in [4.78, 5) is 15.0. The van der Waals surface area contributed by atoms with E-state index in [4.69, 9.17) is 9.47 Å². The first-order chi connectivity index (χ1) is 13.1. The van der Waals surface area contributed by atoms with E-state index in [1.165, 1.54) is 12.1 Å². The average molecular weight is 372 g/mol. The third-order valence-corrected chi connectivity index (χ3v) is 4.86. The number of piperidine rings is 1. The number of hydrogen-bond donors (Lipinski definition) is 1. The van der Waals surface area contributed by atoms with Crippen molar-refractivity contribution < 1.29 is 18.7 Å². The highest BCUT2D eigenvalue weighted by atomic mass is 19.1. The summed E-state index contributed by atoms with van der Waals surface area (Å²) in [6, 6.07) is 11.9. The molecule has 1 aliphatic heterocycles. The van der Waals surface area contributed by atoms with Gasteiger partial charge in [-0.05, 0) is 49.2 Å². The largest absolute Gasteiger partial charge is 0.497 e. The van der Waals surface area contributed by atoms with Crippen LogP contribution in [0.25, 0.3) is 0 Å². The lowest BCUT2D eigenvalue weighted by molar-refractivity contribution is -0.121. The molecule has 3 rings (SSSR count). The highest BCUT2D eigenvalue weighted by molar-refractivity contribution is 5.94. The zero-order valence-electron chi connectivity index (χ0n) is 15.7. The van der Waals surface area contributed by atoms with E-state index in [1.54, 1.807) is 44.6 Å². The van der Waals surface area contributed by atoms with Gasteiger partial charge in [-0.3, -0.25) is 9.69 Å². The van der Waals surface area contributed by atoms with E-state index in [2.05, 4.69) is 10.2 Å². The third kappa shape index (κ3) is 4.98. The van der Waals surface area contributed by atoms with Crippen LogP contribution in [0.1, 0.15) is 18.4 Å². The molecular formula is C21H25FN2O3. The molecule has 1 saturated heterocycles. The van der Waals surface area contributed by atoms with Crippen LogP contribution < -0.4 is 14.8 Å². The molecule has 2 aromatic carbocycles. The highest BCUT2D eigenvalue weighted by Gasteiger charge is 2.26. The van der Waals surface area contributed by atoms with E-state index in [9.17, 15) is 9.18 Å². The van der Waals surface area contributed by atoms with Gasteiger partial charge in [0.15, 0.2) is 0 Å². The van der Waals surface area contributed by atoms with Crippen LogP contribution in [0.2, 0.25) is 0 Å². The second-order valence-corrected chi connectivity index (χ2v) is 6.76. The van der Waals surface area contributed by atoms with Crippen LogP contribution in [0.3, 0.4) is 0 Å². The molecule has 6 heteroatoms. The second kappa shape index (κ2) is 8.86. The van der Waals surface area contributed by atoms with Crippen molar-refractivity contribution >= 4 is 11.6 Å². The topological polar surface area (TPSA) is 50.8 Å². The Labute approximate surface area is 159 Å². The number of nitrogens with one attached hydrogen (secondary N) is 1. The van der Waals surface area contributed by atoms with Crippen LogP contribution in [-0.2, 0) is 11.3 Å². The lowest BCUT2D eigenvalue weighted by Gasteiger charge is -2.32. The number of hydrogen-bond acceptors (Lipinski definition) is 4. The number of nitrogens with zero attached hydrogens (tertiary/aromatic N) is 1. The Morgan fingerprint density at radius 1 is 1.19 bits per heavy atom.